The first-order valence-electron chi connectivity index (χ1n) is 8.80. The maximum absolute atomic E-state index is 10.4. The van der Waals surface area contributed by atoms with Crippen LogP contribution in [0.25, 0.3) is 11.0 Å². The molecule has 0 bridgehead atoms. The van der Waals surface area contributed by atoms with Crippen LogP contribution in [0.5, 0.6) is 0 Å². The van der Waals surface area contributed by atoms with Gasteiger partial charge in [-0.2, -0.15) is 5.10 Å². The smallest absolute Gasteiger partial charge is 0.157 e. The van der Waals surface area contributed by atoms with E-state index in [0.717, 1.165) is 49.2 Å². The van der Waals surface area contributed by atoms with Gasteiger partial charge in [0.1, 0.15) is 11.9 Å². The molecule has 1 saturated heterocycles. The monoisotopic (exact) mass is 340 g/mol. The Kier molecular flexibility index (Phi) is 4.27. The molecule has 1 aliphatic rings. The third-order valence-electron chi connectivity index (χ3n) is 5.20. The zero-order valence-electron chi connectivity index (χ0n) is 14.7. The van der Waals surface area contributed by atoms with Crippen LogP contribution in [0.2, 0.25) is 0 Å². The second kappa shape index (κ2) is 6.57. The average molecular weight is 340 g/mol. The fourth-order valence-electron chi connectivity index (χ4n) is 3.79. The molecule has 25 heavy (non-hydrogen) atoms. The fourth-order valence-corrected chi connectivity index (χ4v) is 3.79. The van der Waals surface area contributed by atoms with Crippen molar-refractivity contribution in [2.75, 3.05) is 13.1 Å². The second-order valence-electron chi connectivity index (χ2n) is 6.96. The molecule has 4 heterocycles. The lowest BCUT2D eigenvalue weighted by Gasteiger charge is -2.33. The van der Waals surface area contributed by atoms with E-state index in [1.807, 2.05) is 24.9 Å². The van der Waals surface area contributed by atoms with Gasteiger partial charge in [-0.25, -0.2) is 9.97 Å². The Morgan fingerprint density at radius 2 is 2.12 bits per heavy atom. The van der Waals surface area contributed by atoms with Crippen LogP contribution in [0.15, 0.2) is 24.7 Å². The van der Waals surface area contributed by atoms with E-state index in [2.05, 4.69) is 31.0 Å². The number of aryl methyl sites for hydroxylation is 2. The summed E-state index contributed by atoms with van der Waals surface area (Å²) in [6.45, 7) is 4.87. The van der Waals surface area contributed by atoms with Crippen molar-refractivity contribution >= 4 is 11.0 Å². The number of hydrogen-bond donors (Lipinski definition) is 2. The van der Waals surface area contributed by atoms with Crippen LogP contribution in [0.4, 0.5) is 0 Å². The molecule has 1 unspecified atom stereocenters. The van der Waals surface area contributed by atoms with E-state index in [0.29, 0.717) is 5.82 Å². The number of imidazole rings is 1. The summed E-state index contributed by atoms with van der Waals surface area (Å²) in [5.41, 5.74) is 3.17. The van der Waals surface area contributed by atoms with Gasteiger partial charge in [0.15, 0.2) is 5.65 Å². The van der Waals surface area contributed by atoms with Gasteiger partial charge >= 0.3 is 0 Å². The molecular weight excluding hydrogens is 316 g/mol. The number of rotatable bonds is 4. The van der Waals surface area contributed by atoms with Crippen molar-refractivity contribution < 1.29 is 5.11 Å². The summed E-state index contributed by atoms with van der Waals surface area (Å²) in [6, 6.07) is 2.20. The summed E-state index contributed by atoms with van der Waals surface area (Å²) in [5.74, 6) is 0.948. The molecule has 0 radical (unpaired) electrons. The van der Waals surface area contributed by atoms with Crippen molar-refractivity contribution in [2.24, 2.45) is 13.0 Å². The summed E-state index contributed by atoms with van der Waals surface area (Å²) in [4.78, 5) is 14.2. The maximum Gasteiger partial charge on any atom is 0.157 e. The van der Waals surface area contributed by atoms with Crippen molar-refractivity contribution in [3.8, 4) is 0 Å². The molecule has 3 aromatic rings. The molecule has 7 heteroatoms. The molecule has 1 fully saturated rings. The average Bonchev–Trinajstić information content (AvgIpc) is 3.24. The fraction of sp³-hybridized carbons (Fsp3) is 0.500. The largest absolute Gasteiger partial charge is 0.385 e. The number of pyridine rings is 1. The number of aromatic amines is 1. The Morgan fingerprint density at radius 3 is 2.84 bits per heavy atom. The molecule has 3 aromatic heterocycles. The molecule has 4 rings (SSSR count). The van der Waals surface area contributed by atoms with Crippen LogP contribution in [-0.2, 0) is 13.6 Å². The number of nitrogens with one attached hydrogen (secondary N) is 1. The Morgan fingerprint density at radius 1 is 1.32 bits per heavy atom. The van der Waals surface area contributed by atoms with Crippen LogP contribution >= 0.6 is 0 Å². The number of fused-ring (bicyclic) bond motifs is 1. The molecule has 0 amide bonds. The minimum absolute atomic E-state index is 0.267. The summed E-state index contributed by atoms with van der Waals surface area (Å²) in [6.07, 6.45) is 6.86. The second-order valence-corrected chi connectivity index (χ2v) is 6.96. The summed E-state index contributed by atoms with van der Waals surface area (Å²) >= 11 is 0. The number of aliphatic hydroxyl groups is 1. The number of aromatic nitrogens is 5. The molecule has 1 atom stereocenters. The van der Waals surface area contributed by atoms with Gasteiger partial charge in [-0.3, -0.25) is 9.58 Å². The predicted molar refractivity (Wildman–Crippen MR) is 94.8 cm³/mol. The van der Waals surface area contributed by atoms with Gasteiger partial charge in [0.05, 0.1) is 5.69 Å². The highest BCUT2D eigenvalue weighted by atomic mass is 16.3. The third-order valence-corrected chi connectivity index (χ3v) is 5.20. The van der Waals surface area contributed by atoms with Gasteiger partial charge in [-0.05, 0) is 50.4 Å². The lowest BCUT2D eigenvalue weighted by Crippen LogP contribution is -2.35. The molecule has 132 valence electrons. The lowest BCUT2D eigenvalue weighted by molar-refractivity contribution is 0.0515. The van der Waals surface area contributed by atoms with E-state index >= 15 is 0 Å². The summed E-state index contributed by atoms with van der Waals surface area (Å²) in [7, 11) is 1.93. The number of nitrogens with zero attached hydrogens (tertiary/aromatic N) is 5. The Balaban J connectivity index is 1.39. The molecule has 0 aliphatic carbocycles. The van der Waals surface area contributed by atoms with E-state index < -0.39 is 6.10 Å². The highest BCUT2D eigenvalue weighted by Gasteiger charge is 2.27. The molecule has 2 N–H and O–H groups in total. The third kappa shape index (κ3) is 3.17. The number of aliphatic hydroxyl groups excluding tert-OH is 1. The molecular formula is C18H24N6O. The van der Waals surface area contributed by atoms with Crippen LogP contribution < -0.4 is 0 Å². The van der Waals surface area contributed by atoms with Crippen molar-refractivity contribution in [2.45, 2.75) is 32.4 Å². The summed E-state index contributed by atoms with van der Waals surface area (Å²) < 4.78 is 1.83. The highest BCUT2D eigenvalue weighted by molar-refractivity contribution is 5.78. The minimum atomic E-state index is -0.492. The van der Waals surface area contributed by atoms with E-state index in [4.69, 9.17) is 0 Å². The Hall–Kier alpha value is -2.25. The van der Waals surface area contributed by atoms with Gasteiger partial charge < -0.3 is 10.1 Å². The van der Waals surface area contributed by atoms with Gasteiger partial charge in [0.25, 0.3) is 0 Å². The molecule has 0 spiro atoms. The zero-order valence-corrected chi connectivity index (χ0v) is 14.7. The van der Waals surface area contributed by atoms with Gasteiger partial charge in [0.2, 0.25) is 0 Å². The molecule has 0 saturated carbocycles. The lowest BCUT2D eigenvalue weighted by atomic mass is 9.90. The number of piperidine rings is 1. The van der Waals surface area contributed by atoms with E-state index in [-0.39, 0.29) is 5.92 Å². The zero-order chi connectivity index (χ0) is 17.4. The molecule has 0 aromatic carbocycles. The topological polar surface area (TPSA) is 82.9 Å². The number of H-pyrrole nitrogens is 1. The van der Waals surface area contributed by atoms with Gasteiger partial charge in [-0.1, -0.05) is 0 Å². The van der Waals surface area contributed by atoms with E-state index in [9.17, 15) is 5.11 Å². The van der Waals surface area contributed by atoms with Crippen molar-refractivity contribution in [3.63, 3.8) is 0 Å². The van der Waals surface area contributed by atoms with Crippen LogP contribution in [0.3, 0.4) is 0 Å². The number of hydrogen-bond acceptors (Lipinski definition) is 5. The quantitative estimate of drug-likeness (QED) is 0.758. The van der Waals surface area contributed by atoms with Crippen LogP contribution in [0.1, 0.15) is 36.0 Å². The highest BCUT2D eigenvalue weighted by Crippen LogP contribution is 2.29. The van der Waals surface area contributed by atoms with Crippen LogP contribution in [-0.4, -0.2) is 47.8 Å². The first-order chi connectivity index (χ1) is 12.1. The maximum atomic E-state index is 10.4. The minimum Gasteiger partial charge on any atom is -0.385 e. The first-order valence-corrected chi connectivity index (χ1v) is 8.80. The Bertz CT molecular complexity index is 848. The van der Waals surface area contributed by atoms with E-state index in [1.165, 1.54) is 5.56 Å². The van der Waals surface area contributed by atoms with Gasteiger partial charge in [0, 0.05) is 37.6 Å². The standard InChI is InChI=1S/C18H24N6O/c1-12-15-9-13(10-21-18(15)23(2)22-12)11-24-7-3-14(4-8-24)16(25)17-19-5-6-20-17/h5-6,9-10,14,16,25H,3-4,7-8,11H2,1-2H3,(H,19,20). The first kappa shape index (κ1) is 16.2. The SMILES string of the molecule is Cc1nn(C)c2ncc(CN3CCC(C(O)c4ncc[nH]4)CC3)cc12. The molecule has 7 nitrogen and oxygen atoms in total. The van der Waals surface area contributed by atoms with Crippen molar-refractivity contribution in [1.82, 2.24) is 29.6 Å². The molecule has 1 aliphatic heterocycles. The summed E-state index contributed by atoms with van der Waals surface area (Å²) in [5, 5.41) is 16.0. The van der Waals surface area contributed by atoms with Gasteiger partial charge in [-0.15, -0.1) is 0 Å². The predicted octanol–water partition coefficient (Wildman–Crippen LogP) is 1.95. The van der Waals surface area contributed by atoms with E-state index in [1.54, 1.807) is 12.4 Å². The Labute approximate surface area is 146 Å². The van der Waals surface area contributed by atoms with Crippen molar-refractivity contribution in [3.05, 3.63) is 41.7 Å². The number of likely N-dealkylation sites (tertiary alicyclic amines) is 1. The van der Waals surface area contributed by atoms with Crippen molar-refractivity contribution in [1.29, 1.82) is 0 Å². The van der Waals surface area contributed by atoms with Crippen LogP contribution in [0, 0.1) is 12.8 Å². The normalized spacial score (nSPS) is 18.0.